The van der Waals surface area contributed by atoms with Crippen LogP contribution in [0.25, 0.3) is 5.69 Å². The highest BCUT2D eigenvalue weighted by molar-refractivity contribution is 7.80. The molecule has 0 radical (unpaired) electrons. The first-order chi connectivity index (χ1) is 16.8. The van der Waals surface area contributed by atoms with Gasteiger partial charge in [0.1, 0.15) is 0 Å². The van der Waals surface area contributed by atoms with Gasteiger partial charge in [0.25, 0.3) is 0 Å². The van der Waals surface area contributed by atoms with Crippen molar-refractivity contribution in [3.8, 4) is 5.69 Å². The Labute approximate surface area is 212 Å². The lowest BCUT2D eigenvalue weighted by atomic mass is 9.96. The summed E-state index contributed by atoms with van der Waals surface area (Å²) in [6, 6.07) is 15.6. The van der Waals surface area contributed by atoms with Gasteiger partial charge in [0.05, 0.1) is 36.1 Å². The summed E-state index contributed by atoms with van der Waals surface area (Å²) in [5.74, 6) is -0.352. The number of rotatable bonds is 8. The fourth-order valence-corrected chi connectivity index (χ4v) is 5.28. The van der Waals surface area contributed by atoms with Gasteiger partial charge < -0.3 is 24.4 Å². The van der Waals surface area contributed by atoms with Crippen molar-refractivity contribution in [2.24, 2.45) is 0 Å². The molecule has 2 aromatic heterocycles. The lowest BCUT2D eigenvalue weighted by molar-refractivity contribution is 0.0600. The largest absolute Gasteiger partial charge is 0.465 e. The van der Waals surface area contributed by atoms with Gasteiger partial charge in [0.15, 0.2) is 5.11 Å². The number of hydrogen-bond acceptors (Lipinski definition) is 5. The summed E-state index contributed by atoms with van der Waals surface area (Å²) in [4.78, 5) is 21.6. The zero-order valence-corrected chi connectivity index (χ0v) is 21.8. The van der Waals surface area contributed by atoms with Crippen LogP contribution in [0.1, 0.15) is 51.5 Å². The van der Waals surface area contributed by atoms with E-state index < -0.39 is 0 Å². The molecule has 1 aromatic carbocycles. The minimum absolute atomic E-state index is 0.0233. The SMILES string of the molecule is COC(=O)c1ccccc1-n1c(C)cc([C@H]2[C@@H](c3ccccn3)NC(=S)N2CCCN(C)C)c1C. The van der Waals surface area contributed by atoms with E-state index in [2.05, 4.69) is 58.7 Å². The molecule has 0 bridgehead atoms. The molecule has 184 valence electrons. The van der Waals surface area contributed by atoms with Crippen molar-refractivity contribution in [2.45, 2.75) is 32.4 Å². The summed E-state index contributed by atoms with van der Waals surface area (Å²) < 4.78 is 7.19. The molecule has 3 heterocycles. The Kier molecular flexibility index (Phi) is 7.52. The molecule has 2 atom stereocenters. The van der Waals surface area contributed by atoms with Gasteiger partial charge in [0, 0.05) is 24.1 Å². The maximum absolute atomic E-state index is 12.5. The second-order valence-electron chi connectivity index (χ2n) is 9.15. The number of hydrogen-bond donors (Lipinski definition) is 1. The smallest absolute Gasteiger partial charge is 0.339 e. The fourth-order valence-electron chi connectivity index (χ4n) is 4.95. The molecule has 0 spiro atoms. The number of aryl methyl sites for hydroxylation is 1. The Morgan fingerprint density at radius 2 is 1.91 bits per heavy atom. The quantitative estimate of drug-likeness (QED) is 0.374. The monoisotopic (exact) mass is 491 g/mol. The van der Waals surface area contributed by atoms with E-state index in [1.165, 1.54) is 7.11 Å². The Hall–Kier alpha value is -3.23. The molecule has 1 N–H and O–H groups in total. The van der Waals surface area contributed by atoms with Crippen molar-refractivity contribution < 1.29 is 9.53 Å². The average molecular weight is 492 g/mol. The number of pyridine rings is 1. The third kappa shape index (κ3) is 4.94. The third-order valence-corrected chi connectivity index (χ3v) is 6.89. The minimum Gasteiger partial charge on any atom is -0.465 e. The highest BCUT2D eigenvalue weighted by atomic mass is 32.1. The molecule has 0 saturated carbocycles. The Morgan fingerprint density at radius 1 is 1.17 bits per heavy atom. The summed E-state index contributed by atoms with van der Waals surface area (Å²) >= 11 is 5.83. The van der Waals surface area contributed by atoms with E-state index >= 15 is 0 Å². The number of ether oxygens (including phenoxy) is 1. The van der Waals surface area contributed by atoms with E-state index in [0.717, 1.165) is 53.0 Å². The Morgan fingerprint density at radius 3 is 2.60 bits per heavy atom. The lowest BCUT2D eigenvalue weighted by Crippen LogP contribution is -2.32. The van der Waals surface area contributed by atoms with Gasteiger partial charge in [-0.15, -0.1) is 0 Å². The minimum atomic E-state index is -0.352. The number of benzene rings is 1. The van der Waals surface area contributed by atoms with Crippen LogP contribution < -0.4 is 5.32 Å². The first-order valence-corrected chi connectivity index (χ1v) is 12.2. The standard InChI is InChI=1S/C27H33N5O2S/c1-18-17-21(19(2)32(18)23-13-7-6-11-20(23)26(33)34-5)25-24(22-12-8-9-14-28-22)29-27(35)31(25)16-10-15-30(3)4/h6-9,11-14,17,24-25H,10,15-16H2,1-5H3,(H,29,35)/t24-,25+/m1/s1. The summed E-state index contributed by atoms with van der Waals surface area (Å²) in [7, 11) is 5.58. The summed E-state index contributed by atoms with van der Waals surface area (Å²) in [6.45, 7) is 5.98. The van der Waals surface area contributed by atoms with Gasteiger partial charge >= 0.3 is 5.97 Å². The van der Waals surface area contributed by atoms with E-state index in [1.807, 2.05) is 42.6 Å². The summed E-state index contributed by atoms with van der Waals surface area (Å²) in [6.07, 6.45) is 2.81. The molecule has 4 rings (SSSR count). The molecule has 35 heavy (non-hydrogen) atoms. The molecule has 7 nitrogen and oxygen atoms in total. The molecule has 1 saturated heterocycles. The van der Waals surface area contributed by atoms with Crippen molar-refractivity contribution in [2.75, 3.05) is 34.3 Å². The van der Waals surface area contributed by atoms with Crippen LogP contribution in [0.4, 0.5) is 0 Å². The second-order valence-corrected chi connectivity index (χ2v) is 9.53. The van der Waals surface area contributed by atoms with Crippen molar-refractivity contribution in [1.82, 2.24) is 24.7 Å². The van der Waals surface area contributed by atoms with E-state index in [9.17, 15) is 4.79 Å². The number of carbonyl (C=O) groups is 1. The number of nitrogens with one attached hydrogen (secondary N) is 1. The predicted molar refractivity (Wildman–Crippen MR) is 142 cm³/mol. The van der Waals surface area contributed by atoms with Gasteiger partial charge in [0.2, 0.25) is 0 Å². The molecule has 1 aliphatic rings. The number of thiocarbonyl (C=S) groups is 1. The zero-order chi connectivity index (χ0) is 25.1. The zero-order valence-electron chi connectivity index (χ0n) is 21.0. The van der Waals surface area contributed by atoms with Crippen LogP contribution in [0, 0.1) is 13.8 Å². The van der Waals surface area contributed by atoms with E-state index in [0.29, 0.717) is 5.56 Å². The predicted octanol–water partition coefficient (Wildman–Crippen LogP) is 4.20. The molecule has 1 fully saturated rings. The lowest BCUT2D eigenvalue weighted by Gasteiger charge is -2.28. The van der Waals surface area contributed by atoms with Crippen molar-refractivity contribution in [3.63, 3.8) is 0 Å². The number of esters is 1. The van der Waals surface area contributed by atoms with E-state index in [4.69, 9.17) is 17.0 Å². The van der Waals surface area contributed by atoms with Gasteiger partial charge in [-0.3, -0.25) is 4.98 Å². The maximum atomic E-state index is 12.5. The first kappa shape index (κ1) is 24.9. The van der Waals surface area contributed by atoms with Gasteiger partial charge in [-0.05, 0) is 89.0 Å². The van der Waals surface area contributed by atoms with Crippen LogP contribution in [-0.2, 0) is 4.74 Å². The maximum Gasteiger partial charge on any atom is 0.339 e. The molecule has 0 unspecified atom stereocenters. The second kappa shape index (κ2) is 10.6. The van der Waals surface area contributed by atoms with Crippen LogP contribution in [0.5, 0.6) is 0 Å². The van der Waals surface area contributed by atoms with Gasteiger partial charge in [-0.25, -0.2) is 4.79 Å². The van der Waals surface area contributed by atoms with Gasteiger partial charge in [-0.2, -0.15) is 0 Å². The number of methoxy groups -OCH3 is 1. The molecule has 0 aliphatic carbocycles. The van der Waals surface area contributed by atoms with Crippen LogP contribution in [0.15, 0.2) is 54.7 Å². The first-order valence-electron chi connectivity index (χ1n) is 11.8. The van der Waals surface area contributed by atoms with Crippen LogP contribution in [-0.4, -0.2) is 64.7 Å². The van der Waals surface area contributed by atoms with Gasteiger partial charge in [-0.1, -0.05) is 18.2 Å². The van der Waals surface area contributed by atoms with Crippen molar-refractivity contribution in [3.05, 3.63) is 82.9 Å². The number of aromatic nitrogens is 2. The van der Waals surface area contributed by atoms with Crippen molar-refractivity contribution >= 4 is 23.3 Å². The third-order valence-electron chi connectivity index (χ3n) is 6.54. The molecular weight excluding hydrogens is 458 g/mol. The molecule has 1 aliphatic heterocycles. The number of para-hydroxylation sites is 1. The average Bonchev–Trinajstić information content (AvgIpc) is 3.33. The topological polar surface area (TPSA) is 62.6 Å². The highest BCUT2D eigenvalue weighted by Crippen LogP contribution is 2.41. The summed E-state index contributed by atoms with van der Waals surface area (Å²) in [5.41, 5.74) is 5.56. The Bertz CT molecular complexity index is 1210. The Balaban J connectivity index is 1.81. The van der Waals surface area contributed by atoms with Crippen LogP contribution in [0.3, 0.4) is 0 Å². The van der Waals surface area contributed by atoms with Crippen molar-refractivity contribution in [1.29, 1.82) is 0 Å². The molecule has 8 heteroatoms. The highest BCUT2D eigenvalue weighted by Gasteiger charge is 2.41. The normalized spacial score (nSPS) is 17.7. The van der Waals surface area contributed by atoms with E-state index in [-0.39, 0.29) is 18.1 Å². The number of carbonyl (C=O) groups excluding carboxylic acids is 1. The van der Waals surface area contributed by atoms with E-state index in [1.54, 1.807) is 6.07 Å². The molecule has 3 aromatic rings. The molecular formula is C27H33N5O2S. The number of nitrogens with zero attached hydrogens (tertiary/aromatic N) is 4. The fraction of sp³-hybridized carbons (Fsp3) is 0.370. The van der Waals surface area contributed by atoms with Crippen LogP contribution in [0.2, 0.25) is 0 Å². The molecule has 0 amide bonds. The summed E-state index contributed by atoms with van der Waals surface area (Å²) in [5, 5.41) is 4.28. The van der Waals surface area contributed by atoms with Crippen LogP contribution >= 0.6 is 12.2 Å².